The minimum atomic E-state index is -2.78. The van der Waals surface area contributed by atoms with Gasteiger partial charge in [0.25, 0.3) is 6.43 Å². The molecule has 1 rings (SSSR count). The van der Waals surface area contributed by atoms with Gasteiger partial charge in [-0.05, 0) is 24.6 Å². The maximum absolute atomic E-state index is 12.0. The molecule has 0 aliphatic carbocycles. The fourth-order valence-electron chi connectivity index (χ4n) is 1.44. The number of hydrogen-bond donors (Lipinski definition) is 3. The Balaban J connectivity index is 2.19. The zero-order chi connectivity index (χ0) is 14.3. The molecule has 0 heterocycles. The Kier molecular flexibility index (Phi) is 6.69. The summed E-state index contributed by atoms with van der Waals surface area (Å²) in [6.45, 7) is 1.80. The lowest BCUT2D eigenvalue weighted by Crippen LogP contribution is -2.38. The van der Waals surface area contributed by atoms with Crippen LogP contribution in [0.15, 0.2) is 24.3 Å². The number of halogens is 2. The largest absolute Gasteiger partial charge is 0.491 e. The topological polar surface area (TPSA) is 61.7 Å². The normalized spacial score (nSPS) is 14.4. The first kappa shape index (κ1) is 15.8. The standard InChI is InChI=1S/C13H19F2NO3/c1-9-3-2-4-11(5-9)19-8-10(17)6-16-7-12(18)13(14)15/h2-5,10,12-13,16-18H,6-8H2,1H3. The van der Waals surface area contributed by atoms with Gasteiger partial charge in [0.2, 0.25) is 0 Å². The van der Waals surface area contributed by atoms with Crippen LogP contribution in [-0.2, 0) is 0 Å². The van der Waals surface area contributed by atoms with Gasteiger partial charge in [-0.15, -0.1) is 0 Å². The van der Waals surface area contributed by atoms with E-state index in [4.69, 9.17) is 9.84 Å². The molecule has 0 amide bonds. The molecule has 6 heteroatoms. The molecular formula is C13H19F2NO3. The Morgan fingerprint density at radius 1 is 1.26 bits per heavy atom. The smallest absolute Gasteiger partial charge is 0.265 e. The third kappa shape index (κ3) is 6.47. The third-order valence-electron chi connectivity index (χ3n) is 2.46. The number of aliphatic hydroxyl groups excluding tert-OH is 2. The van der Waals surface area contributed by atoms with Gasteiger partial charge in [-0.25, -0.2) is 8.78 Å². The molecule has 0 bridgehead atoms. The lowest BCUT2D eigenvalue weighted by molar-refractivity contribution is -0.00529. The molecule has 1 aromatic rings. The number of nitrogens with one attached hydrogen (secondary N) is 1. The Bertz CT molecular complexity index is 377. The number of aliphatic hydroxyl groups is 2. The summed E-state index contributed by atoms with van der Waals surface area (Å²) in [6.07, 6.45) is -5.33. The summed E-state index contributed by atoms with van der Waals surface area (Å²) in [5, 5.41) is 21.0. The van der Waals surface area contributed by atoms with E-state index in [-0.39, 0.29) is 19.7 Å². The number of alkyl halides is 2. The van der Waals surface area contributed by atoms with Gasteiger partial charge in [0.1, 0.15) is 24.6 Å². The molecule has 3 N–H and O–H groups in total. The number of rotatable bonds is 8. The Hall–Kier alpha value is -1.24. The summed E-state index contributed by atoms with van der Waals surface area (Å²) in [6, 6.07) is 7.37. The van der Waals surface area contributed by atoms with E-state index in [1.807, 2.05) is 25.1 Å². The number of hydrogen-bond acceptors (Lipinski definition) is 4. The maximum atomic E-state index is 12.0. The molecule has 0 saturated heterocycles. The fraction of sp³-hybridized carbons (Fsp3) is 0.538. The van der Waals surface area contributed by atoms with Crippen molar-refractivity contribution in [3.05, 3.63) is 29.8 Å². The summed E-state index contributed by atoms with van der Waals surface area (Å²) < 4.78 is 29.3. The average Bonchev–Trinajstić information content (AvgIpc) is 2.36. The predicted octanol–water partition coefficient (Wildman–Crippen LogP) is 0.950. The summed E-state index contributed by atoms with van der Waals surface area (Å²) in [5.41, 5.74) is 1.05. The Morgan fingerprint density at radius 2 is 2.00 bits per heavy atom. The molecule has 0 fully saturated rings. The van der Waals surface area contributed by atoms with Crippen LogP contribution in [0.5, 0.6) is 5.75 Å². The molecule has 0 aromatic heterocycles. The lowest BCUT2D eigenvalue weighted by atomic mass is 10.2. The van der Waals surface area contributed by atoms with Gasteiger partial charge >= 0.3 is 0 Å². The quantitative estimate of drug-likeness (QED) is 0.661. The monoisotopic (exact) mass is 275 g/mol. The second kappa shape index (κ2) is 8.04. The Labute approximate surface area is 111 Å². The molecule has 0 radical (unpaired) electrons. The van der Waals surface area contributed by atoms with E-state index in [1.165, 1.54) is 0 Å². The zero-order valence-electron chi connectivity index (χ0n) is 10.7. The van der Waals surface area contributed by atoms with Crippen LogP contribution in [0.1, 0.15) is 5.56 Å². The minimum Gasteiger partial charge on any atom is -0.491 e. The average molecular weight is 275 g/mol. The molecule has 0 aliphatic rings. The molecule has 0 spiro atoms. The van der Waals surface area contributed by atoms with Crippen molar-refractivity contribution in [2.24, 2.45) is 0 Å². The van der Waals surface area contributed by atoms with E-state index in [9.17, 15) is 13.9 Å². The van der Waals surface area contributed by atoms with Crippen molar-refractivity contribution < 1.29 is 23.7 Å². The van der Waals surface area contributed by atoms with E-state index in [0.29, 0.717) is 5.75 Å². The molecular weight excluding hydrogens is 256 g/mol. The first-order valence-corrected chi connectivity index (χ1v) is 6.03. The van der Waals surface area contributed by atoms with Crippen molar-refractivity contribution in [3.8, 4) is 5.75 Å². The summed E-state index contributed by atoms with van der Waals surface area (Å²) in [5.74, 6) is 0.645. The van der Waals surface area contributed by atoms with Crippen LogP contribution in [0.2, 0.25) is 0 Å². The summed E-state index contributed by atoms with van der Waals surface area (Å²) in [4.78, 5) is 0. The first-order valence-electron chi connectivity index (χ1n) is 6.03. The molecule has 2 unspecified atom stereocenters. The Morgan fingerprint density at radius 3 is 2.63 bits per heavy atom. The van der Waals surface area contributed by atoms with Crippen LogP contribution in [-0.4, -0.2) is 48.5 Å². The van der Waals surface area contributed by atoms with Gasteiger partial charge in [-0.3, -0.25) is 0 Å². The second-order valence-corrected chi connectivity index (χ2v) is 4.34. The summed E-state index contributed by atoms with van der Waals surface area (Å²) in [7, 11) is 0. The molecule has 1 aromatic carbocycles. The van der Waals surface area contributed by atoms with Crippen molar-refractivity contribution in [3.63, 3.8) is 0 Å². The van der Waals surface area contributed by atoms with Gasteiger partial charge in [0.05, 0.1) is 0 Å². The fourth-order valence-corrected chi connectivity index (χ4v) is 1.44. The maximum Gasteiger partial charge on any atom is 0.265 e. The molecule has 4 nitrogen and oxygen atoms in total. The van der Waals surface area contributed by atoms with E-state index < -0.39 is 18.6 Å². The third-order valence-corrected chi connectivity index (χ3v) is 2.46. The van der Waals surface area contributed by atoms with Crippen molar-refractivity contribution >= 4 is 0 Å². The van der Waals surface area contributed by atoms with Gasteiger partial charge < -0.3 is 20.3 Å². The zero-order valence-corrected chi connectivity index (χ0v) is 10.7. The van der Waals surface area contributed by atoms with E-state index in [1.54, 1.807) is 6.07 Å². The van der Waals surface area contributed by atoms with Crippen molar-refractivity contribution in [2.75, 3.05) is 19.7 Å². The van der Waals surface area contributed by atoms with Crippen LogP contribution < -0.4 is 10.1 Å². The first-order chi connectivity index (χ1) is 8.99. The molecule has 0 saturated carbocycles. The predicted molar refractivity (Wildman–Crippen MR) is 67.6 cm³/mol. The van der Waals surface area contributed by atoms with Crippen molar-refractivity contribution in [2.45, 2.75) is 25.6 Å². The highest BCUT2D eigenvalue weighted by Crippen LogP contribution is 2.12. The van der Waals surface area contributed by atoms with Crippen LogP contribution >= 0.6 is 0 Å². The van der Waals surface area contributed by atoms with Gasteiger partial charge in [-0.1, -0.05) is 12.1 Å². The van der Waals surface area contributed by atoms with Crippen LogP contribution in [0.3, 0.4) is 0 Å². The highest BCUT2D eigenvalue weighted by atomic mass is 19.3. The SMILES string of the molecule is Cc1cccc(OCC(O)CNCC(O)C(F)F)c1. The van der Waals surface area contributed by atoms with Gasteiger partial charge in [0, 0.05) is 13.1 Å². The van der Waals surface area contributed by atoms with E-state index in [0.717, 1.165) is 5.56 Å². The van der Waals surface area contributed by atoms with Crippen LogP contribution in [0.4, 0.5) is 8.78 Å². The van der Waals surface area contributed by atoms with Crippen molar-refractivity contribution in [1.29, 1.82) is 0 Å². The number of ether oxygens (including phenoxy) is 1. The highest BCUT2D eigenvalue weighted by Gasteiger charge is 2.16. The minimum absolute atomic E-state index is 0.0568. The molecule has 108 valence electrons. The second-order valence-electron chi connectivity index (χ2n) is 4.34. The van der Waals surface area contributed by atoms with E-state index in [2.05, 4.69) is 5.32 Å². The number of aryl methyl sites for hydroxylation is 1. The summed E-state index contributed by atoms with van der Waals surface area (Å²) >= 11 is 0. The van der Waals surface area contributed by atoms with Crippen molar-refractivity contribution in [1.82, 2.24) is 5.32 Å². The molecule has 2 atom stereocenters. The lowest BCUT2D eigenvalue weighted by Gasteiger charge is -2.15. The van der Waals surface area contributed by atoms with E-state index >= 15 is 0 Å². The van der Waals surface area contributed by atoms with Gasteiger partial charge in [0.15, 0.2) is 0 Å². The molecule has 19 heavy (non-hydrogen) atoms. The van der Waals surface area contributed by atoms with Gasteiger partial charge in [-0.2, -0.15) is 0 Å². The highest BCUT2D eigenvalue weighted by molar-refractivity contribution is 5.27. The van der Waals surface area contributed by atoms with Crippen LogP contribution in [0.25, 0.3) is 0 Å². The number of benzene rings is 1. The molecule has 0 aliphatic heterocycles. The van der Waals surface area contributed by atoms with Crippen LogP contribution in [0, 0.1) is 6.92 Å².